The molecule has 2 aliphatic heterocycles. The molecule has 0 aromatic carbocycles. The van der Waals surface area contributed by atoms with Gasteiger partial charge in [-0.15, -0.1) is 0 Å². The first kappa shape index (κ1) is 8.94. The van der Waals surface area contributed by atoms with E-state index in [0.717, 1.165) is 16.5 Å². The first-order valence-corrected chi connectivity index (χ1v) is 8.53. The third-order valence-corrected chi connectivity index (χ3v) is 7.44. The number of hydrogen-bond acceptors (Lipinski definition) is 5. The molecule has 0 aliphatic carbocycles. The van der Waals surface area contributed by atoms with Crippen molar-refractivity contribution in [3.8, 4) is 0 Å². The van der Waals surface area contributed by atoms with E-state index < -0.39 is 0 Å². The van der Waals surface area contributed by atoms with Gasteiger partial charge in [-0.2, -0.15) is 0 Å². The predicted molar refractivity (Wildman–Crippen MR) is 60.0 cm³/mol. The van der Waals surface area contributed by atoms with Crippen molar-refractivity contribution < 1.29 is 0 Å². The first-order chi connectivity index (χ1) is 5.47. The SMILES string of the molecule is C1CSSC(C2NCSS2)C1. The van der Waals surface area contributed by atoms with Crippen molar-refractivity contribution in [3.63, 3.8) is 0 Å². The zero-order valence-electron chi connectivity index (χ0n) is 6.12. The van der Waals surface area contributed by atoms with E-state index in [0.29, 0.717) is 0 Å². The Bertz CT molecular complexity index is 120. The molecule has 0 radical (unpaired) electrons. The second-order valence-electron chi connectivity index (χ2n) is 2.58. The zero-order valence-corrected chi connectivity index (χ0v) is 9.38. The van der Waals surface area contributed by atoms with Gasteiger partial charge in [0.2, 0.25) is 0 Å². The number of hydrogen-bond donors (Lipinski definition) is 1. The molecule has 2 atom stereocenters. The fourth-order valence-corrected chi connectivity index (χ4v) is 7.17. The summed E-state index contributed by atoms with van der Waals surface area (Å²) in [6.07, 6.45) is 2.81. The average molecular weight is 225 g/mol. The van der Waals surface area contributed by atoms with Gasteiger partial charge in [0.25, 0.3) is 0 Å². The Labute approximate surface area is 83.4 Å². The van der Waals surface area contributed by atoms with Gasteiger partial charge in [-0.25, -0.2) is 0 Å². The lowest BCUT2D eigenvalue weighted by Crippen LogP contribution is -2.31. The molecule has 2 rings (SSSR count). The molecule has 0 aromatic rings. The molecule has 2 unspecified atom stereocenters. The van der Waals surface area contributed by atoms with Crippen LogP contribution in [0.1, 0.15) is 12.8 Å². The van der Waals surface area contributed by atoms with Crippen LogP contribution in [-0.2, 0) is 0 Å². The standard InChI is InChI=1S/C6H11NS4/c1-2-5(10-8-3-1)6-7-4-9-11-6/h5-7H,1-4H2. The molecule has 1 nitrogen and oxygen atoms in total. The van der Waals surface area contributed by atoms with Gasteiger partial charge in [0.15, 0.2) is 0 Å². The molecule has 2 saturated heterocycles. The quantitative estimate of drug-likeness (QED) is 0.687. The van der Waals surface area contributed by atoms with Crippen LogP contribution in [0.25, 0.3) is 0 Å². The Kier molecular flexibility index (Phi) is 3.70. The van der Waals surface area contributed by atoms with E-state index in [-0.39, 0.29) is 0 Å². The smallest absolute Gasteiger partial charge is 0.0772 e. The van der Waals surface area contributed by atoms with E-state index in [2.05, 4.69) is 16.1 Å². The predicted octanol–water partition coefficient (Wildman–Crippen LogP) is 2.80. The second-order valence-corrected chi connectivity index (χ2v) is 7.82. The van der Waals surface area contributed by atoms with Gasteiger partial charge in [-0.3, -0.25) is 5.32 Å². The molecule has 2 aliphatic rings. The topological polar surface area (TPSA) is 12.0 Å². The average Bonchev–Trinajstić information content (AvgIpc) is 2.58. The minimum Gasteiger partial charge on any atom is -0.294 e. The van der Waals surface area contributed by atoms with Gasteiger partial charge in [0.05, 0.1) is 11.3 Å². The molecule has 0 spiro atoms. The zero-order chi connectivity index (χ0) is 7.52. The Hall–Kier alpha value is 1.36. The molecule has 0 amide bonds. The van der Waals surface area contributed by atoms with Crippen LogP contribution in [0.15, 0.2) is 0 Å². The van der Waals surface area contributed by atoms with Crippen LogP contribution in [0.3, 0.4) is 0 Å². The van der Waals surface area contributed by atoms with Gasteiger partial charge in [0.1, 0.15) is 0 Å². The fourth-order valence-electron chi connectivity index (χ4n) is 1.18. The third-order valence-electron chi connectivity index (χ3n) is 1.76. The maximum atomic E-state index is 3.52. The van der Waals surface area contributed by atoms with E-state index in [1.54, 1.807) is 0 Å². The lowest BCUT2D eigenvalue weighted by molar-refractivity contribution is 0.647. The van der Waals surface area contributed by atoms with Crippen molar-refractivity contribution in [1.82, 2.24) is 5.32 Å². The van der Waals surface area contributed by atoms with Crippen molar-refractivity contribution in [2.75, 3.05) is 11.6 Å². The van der Waals surface area contributed by atoms with Crippen molar-refractivity contribution in [3.05, 3.63) is 0 Å². The fraction of sp³-hybridized carbons (Fsp3) is 1.00. The van der Waals surface area contributed by atoms with E-state index in [9.17, 15) is 0 Å². The summed E-state index contributed by atoms with van der Waals surface area (Å²) in [6.45, 7) is 0. The van der Waals surface area contributed by atoms with Crippen molar-refractivity contribution >= 4 is 43.2 Å². The van der Waals surface area contributed by atoms with Crippen LogP contribution < -0.4 is 5.32 Å². The first-order valence-electron chi connectivity index (χ1n) is 3.77. The van der Waals surface area contributed by atoms with Crippen LogP contribution in [-0.4, -0.2) is 22.3 Å². The van der Waals surface area contributed by atoms with Crippen molar-refractivity contribution in [2.45, 2.75) is 23.5 Å². The van der Waals surface area contributed by atoms with Crippen LogP contribution in [0.4, 0.5) is 0 Å². The summed E-state index contributed by atoms with van der Waals surface area (Å²) < 4.78 is 0. The molecule has 2 heterocycles. The van der Waals surface area contributed by atoms with E-state index >= 15 is 0 Å². The molecule has 0 aromatic heterocycles. The molecule has 1 N–H and O–H groups in total. The van der Waals surface area contributed by atoms with Crippen LogP contribution in [0, 0.1) is 0 Å². The van der Waals surface area contributed by atoms with Gasteiger partial charge >= 0.3 is 0 Å². The lowest BCUT2D eigenvalue weighted by Gasteiger charge is -2.24. The van der Waals surface area contributed by atoms with Gasteiger partial charge in [-0.1, -0.05) is 43.2 Å². The van der Waals surface area contributed by atoms with Crippen molar-refractivity contribution in [2.24, 2.45) is 0 Å². The Morgan fingerprint density at radius 3 is 2.82 bits per heavy atom. The monoisotopic (exact) mass is 225 g/mol. The Morgan fingerprint density at radius 1 is 1.18 bits per heavy atom. The van der Waals surface area contributed by atoms with Crippen LogP contribution >= 0.6 is 43.2 Å². The Balaban J connectivity index is 1.82. The molecule has 0 bridgehead atoms. The molecule has 11 heavy (non-hydrogen) atoms. The van der Waals surface area contributed by atoms with E-state index in [1.165, 1.54) is 18.6 Å². The lowest BCUT2D eigenvalue weighted by atomic mass is 10.2. The summed E-state index contributed by atoms with van der Waals surface area (Å²) in [4.78, 5) is 0. The highest BCUT2D eigenvalue weighted by atomic mass is 33.1. The number of nitrogens with one attached hydrogen (secondary N) is 1. The molecule has 2 fully saturated rings. The normalized spacial score (nSPS) is 39.3. The van der Waals surface area contributed by atoms with Crippen molar-refractivity contribution in [1.29, 1.82) is 0 Å². The highest BCUT2D eigenvalue weighted by Crippen LogP contribution is 2.44. The minimum atomic E-state index is 0.720. The van der Waals surface area contributed by atoms with Gasteiger partial charge in [0, 0.05) is 11.0 Å². The second kappa shape index (κ2) is 4.56. The molecule has 0 saturated carbocycles. The van der Waals surface area contributed by atoms with Gasteiger partial charge < -0.3 is 0 Å². The summed E-state index contributed by atoms with van der Waals surface area (Å²) in [5, 5.41) is 5.09. The highest BCUT2D eigenvalue weighted by Gasteiger charge is 2.27. The minimum absolute atomic E-state index is 0.720. The summed E-state index contributed by atoms with van der Waals surface area (Å²) in [6, 6.07) is 0. The van der Waals surface area contributed by atoms with Crippen LogP contribution in [0.2, 0.25) is 0 Å². The molecule has 5 heteroatoms. The number of rotatable bonds is 1. The summed E-state index contributed by atoms with van der Waals surface area (Å²) in [7, 11) is 8.10. The summed E-state index contributed by atoms with van der Waals surface area (Å²) in [5.41, 5.74) is 0. The Morgan fingerprint density at radius 2 is 2.18 bits per heavy atom. The van der Waals surface area contributed by atoms with E-state index in [1.807, 2.05) is 32.4 Å². The maximum absolute atomic E-state index is 3.52. The highest BCUT2D eigenvalue weighted by molar-refractivity contribution is 8.79. The molecular formula is C6H11NS4. The maximum Gasteiger partial charge on any atom is 0.0772 e. The third kappa shape index (κ3) is 2.40. The van der Waals surface area contributed by atoms with Gasteiger partial charge in [-0.05, 0) is 12.8 Å². The largest absolute Gasteiger partial charge is 0.294 e. The molecular weight excluding hydrogens is 214 g/mol. The van der Waals surface area contributed by atoms with Crippen LogP contribution in [0.5, 0.6) is 0 Å². The summed E-state index contributed by atoms with van der Waals surface area (Å²) >= 11 is 0. The van der Waals surface area contributed by atoms with E-state index in [4.69, 9.17) is 0 Å². The summed E-state index contributed by atoms with van der Waals surface area (Å²) in [5.74, 6) is 2.49. The molecule has 64 valence electrons.